The second kappa shape index (κ2) is 3.27. The summed E-state index contributed by atoms with van der Waals surface area (Å²) in [5.74, 6) is 0. The van der Waals surface area contributed by atoms with Crippen molar-refractivity contribution < 1.29 is 0 Å². The van der Waals surface area contributed by atoms with Crippen LogP contribution in [0.5, 0.6) is 0 Å². The van der Waals surface area contributed by atoms with Crippen molar-refractivity contribution >= 4 is 11.0 Å². The molecule has 2 N–H and O–H groups in total. The Morgan fingerprint density at radius 3 is 2.87 bits per heavy atom. The van der Waals surface area contributed by atoms with Gasteiger partial charge in [0.05, 0.1) is 5.52 Å². The maximum atomic E-state index is 11.8. The monoisotopic (exact) mass is 205 g/mol. The van der Waals surface area contributed by atoms with Gasteiger partial charge in [0.25, 0.3) is 5.56 Å². The van der Waals surface area contributed by atoms with Crippen molar-refractivity contribution in [1.82, 2.24) is 14.5 Å². The molecule has 0 unspecified atom stereocenters. The predicted molar refractivity (Wildman–Crippen MR) is 58.1 cm³/mol. The van der Waals surface area contributed by atoms with Crippen molar-refractivity contribution in [2.45, 2.75) is 13.5 Å². The Kier molecular flexibility index (Phi) is 2.07. The molecular formula is C10H11N3O2. The van der Waals surface area contributed by atoms with Crippen molar-refractivity contribution in [2.75, 3.05) is 0 Å². The summed E-state index contributed by atoms with van der Waals surface area (Å²) < 4.78 is 1.10. The molecule has 0 spiro atoms. The third kappa shape index (κ3) is 1.41. The molecule has 0 aliphatic carbocycles. The summed E-state index contributed by atoms with van der Waals surface area (Å²) in [5.41, 5.74) is 1.08. The second-order valence-corrected chi connectivity index (χ2v) is 3.38. The zero-order chi connectivity index (χ0) is 11.0. The van der Waals surface area contributed by atoms with Crippen LogP contribution in [0.1, 0.15) is 5.69 Å². The average Bonchev–Trinajstić information content (AvgIpc) is 2.53. The molecule has 0 aliphatic rings. The first-order valence-electron chi connectivity index (χ1n) is 4.57. The summed E-state index contributed by atoms with van der Waals surface area (Å²) in [6.45, 7) is 5.54. The van der Waals surface area contributed by atoms with Gasteiger partial charge in [-0.1, -0.05) is 6.08 Å². The largest absolute Gasteiger partial charge is 0.353 e. The molecule has 0 saturated carbocycles. The minimum Gasteiger partial charge on any atom is -0.353 e. The summed E-state index contributed by atoms with van der Waals surface area (Å²) in [4.78, 5) is 28.9. The number of nitrogens with one attached hydrogen (secondary N) is 2. The Morgan fingerprint density at radius 2 is 2.20 bits per heavy atom. The Balaban J connectivity index is 2.89. The molecule has 2 aromatic heterocycles. The molecule has 5 nitrogen and oxygen atoms in total. The van der Waals surface area contributed by atoms with Crippen LogP contribution in [0.25, 0.3) is 11.0 Å². The first kappa shape index (κ1) is 9.51. The highest BCUT2D eigenvalue weighted by molar-refractivity contribution is 5.74. The van der Waals surface area contributed by atoms with E-state index in [1.165, 1.54) is 6.08 Å². The molecule has 0 aromatic carbocycles. The summed E-state index contributed by atoms with van der Waals surface area (Å²) in [6, 6.07) is 1.73. The van der Waals surface area contributed by atoms with Crippen LogP contribution in [0.4, 0.5) is 0 Å². The maximum absolute atomic E-state index is 11.8. The number of fused-ring (bicyclic) bond motifs is 1. The number of aryl methyl sites for hydroxylation is 1. The number of aromatic nitrogens is 3. The van der Waals surface area contributed by atoms with E-state index in [1.807, 2.05) is 6.92 Å². The van der Waals surface area contributed by atoms with Crippen molar-refractivity contribution in [3.8, 4) is 0 Å². The number of allylic oxidation sites excluding steroid dienone is 1. The topological polar surface area (TPSA) is 70.7 Å². The average molecular weight is 205 g/mol. The first-order chi connectivity index (χ1) is 7.13. The molecule has 2 aromatic rings. The standard InChI is InChI=1S/C10H11N3O2/c1-3-4-13-9(14)8-7(12-10(13)15)5-6(2)11-8/h3,5,11H,1,4H2,2H3,(H,12,15). The van der Waals surface area contributed by atoms with Crippen LogP contribution in [0.15, 0.2) is 28.3 Å². The molecule has 0 bridgehead atoms. The van der Waals surface area contributed by atoms with E-state index in [1.54, 1.807) is 6.07 Å². The Hall–Kier alpha value is -2.04. The summed E-state index contributed by atoms with van der Waals surface area (Å²) in [7, 11) is 0. The lowest BCUT2D eigenvalue weighted by atomic mass is 10.4. The third-order valence-corrected chi connectivity index (χ3v) is 2.21. The van der Waals surface area contributed by atoms with Gasteiger partial charge in [0.15, 0.2) is 0 Å². The molecule has 15 heavy (non-hydrogen) atoms. The quantitative estimate of drug-likeness (QED) is 0.701. The normalized spacial score (nSPS) is 10.7. The minimum absolute atomic E-state index is 0.210. The van der Waals surface area contributed by atoms with Crippen LogP contribution < -0.4 is 11.2 Å². The fourth-order valence-electron chi connectivity index (χ4n) is 1.56. The van der Waals surface area contributed by atoms with Crippen LogP contribution in [0, 0.1) is 6.92 Å². The van der Waals surface area contributed by atoms with Gasteiger partial charge in [-0.2, -0.15) is 0 Å². The highest BCUT2D eigenvalue weighted by atomic mass is 16.2. The maximum Gasteiger partial charge on any atom is 0.329 e. The summed E-state index contributed by atoms with van der Waals surface area (Å²) in [6.07, 6.45) is 1.51. The fourth-order valence-corrected chi connectivity index (χ4v) is 1.56. The van der Waals surface area contributed by atoms with Gasteiger partial charge in [0, 0.05) is 12.2 Å². The molecule has 0 fully saturated rings. The number of H-pyrrole nitrogens is 2. The lowest BCUT2D eigenvalue weighted by Crippen LogP contribution is -2.34. The van der Waals surface area contributed by atoms with E-state index in [0.717, 1.165) is 10.3 Å². The molecule has 2 rings (SSSR count). The van der Waals surface area contributed by atoms with E-state index < -0.39 is 5.69 Å². The lowest BCUT2D eigenvalue weighted by Gasteiger charge is -1.99. The van der Waals surface area contributed by atoms with Crippen LogP contribution >= 0.6 is 0 Å². The van der Waals surface area contributed by atoms with E-state index >= 15 is 0 Å². The third-order valence-electron chi connectivity index (χ3n) is 2.21. The van der Waals surface area contributed by atoms with Crippen LogP contribution in [-0.2, 0) is 6.54 Å². The highest BCUT2D eigenvalue weighted by Gasteiger charge is 2.07. The first-order valence-corrected chi connectivity index (χ1v) is 4.57. The van der Waals surface area contributed by atoms with Crippen molar-refractivity contribution in [2.24, 2.45) is 0 Å². The zero-order valence-corrected chi connectivity index (χ0v) is 8.33. The number of nitrogens with zero attached hydrogens (tertiary/aromatic N) is 1. The summed E-state index contributed by atoms with van der Waals surface area (Å²) >= 11 is 0. The van der Waals surface area contributed by atoms with Crippen LogP contribution in [-0.4, -0.2) is 14.5 Å². The van der Waals surface area contributed by atoms with Gasteiger partial charge in [-0.3, -0.25) is 9.36 Å². The van der Waals surface area contributed by atoms with Gasteiger partial charge in [-0.15, -0.1) is 6.58 Å². The summed E-state index contributed by atoms with van der Waals surface area (Å²) in [5, 5.41) is 0. The minimum atomic E-state index is -0.411. The number of rotatable bonds is 2. The molecule has 2 heterocycles. The predicted octanol–water partition coefficient (Wildman–Crippen LogP) is 0.512. The Labute approximate surface area is 85.1 Å². The van der Waals surface area contributed by atoms with Crippen LogP contribution in [0.3, 0.4) is 0 Å². The van der Waals surface area contributed by atoms with E-state index in [2.05, 4.69) is 16.5 Å². The van der Waals surface area contributed by atoms with Gasteiger partial charge in [0.2, 0.25) is 0 Å². The molecule has 0 saturated heterocycles. The number of hydrogen-bond donors (Lipinski definition) is 2. The zero-order valence-electron chi connectivity index (χ0n) is 8.33. The molecule has 0 radical (unpaired) electrons. The number of aromatic amines is 2. The van der Waals surface area contributed by atoms with Gasteiger partial charge in [-0.05, 0) is 13.0 Å². The molecule has 0 amide bonds. The van der Waals surface area contributed by atoms with Crippen molar-refractivity contribution in [3.05, 3.63) is 45.3 Å². The van der Waals surface area contributed by atoms with Crippen molar-refractivity contribution in [3.63, 3.8) is 0 Å². The second-order valence-electron chi connectivity index (χ2n) is 3.38. The lowest BCUT2D eigenvalue weighted by molar-refractivity contribution is 0.727. The smallest absolute Gasteiger partial charge is 0.329 e. The van der Waals surface area contributed by atoms with Crippen molar-refractivity contribution in [1.29, 1.82) is 0 Å². The fraction of sp³-hybridized carbons (Fsp3) is 0.200. The Bertz CT molecular complexity index is 630. The van der Waals surface area contributed by atoms with E-state index in [9.17, 15) is 9.59 Å². The van der Waals surface area contributed by atoms with E-state index in [-0.39, 0.29) is 12.1 Å². The molecule has 0 aliphatic heterocycles. The SMILES string of the molecule is C=CCn1c(=O)[nH]c2cc(C)[nH]c2c1=O. The van der Waals surface area contributed by atoms with E-state index in [4.69, 9.17) is 0 Å². The molecular weight excluding hydrogens is 194 g/mol. The molecule has 5 heteroatoms. The number of hydrogen-bond acceptors (Lipinski definition) is 2. The van der Waals surface area contributed by atoms with Gasteiger partial charge in [0.1, 0.15) is 5.52 Å². The van der Waals surface area contributed by atoms with E-state index in [0.29, 0.717) is 11.0 Å². The van der Waals surface area contributed by atoms with Gasteiger partial charge in [-0.25, -0.2) is 4.79 Å². The molecule has 78 valence electrons. The van der Waals surface area contributed by atoms with Crippen LogP contribution in [0.2, 0.25) is 0 Å². The molecule has 0 atom stereocenters. The Morgan fingerprint density at radius 1 is 1.47 bits per heavy atom. The highest BCUT2D eigenvalue weighted by Crippen LogP contribution is 2.05. The van der Waals surface area contributed by atoms with Gasteiger partial charge < -0.3 is 9.97 Å². The van der Waals surface area contributed by atoms with Gasteiger partial charge >= 0.3 is 5.69 Å².